The van der Waals surface area contributed by atoms with Crippen molar-refractivity contribution in [3.05, 3.63) is 29.8 Å². The number of nitrogens with two attached hydrogens (primary N) is 1. The van der Waals surface area contributed by atoms with E-state index in [1.807, 2.05) is 6.92 Å². The number of nitrogens with one attached hydrogen (secondary N) is 1. The summed E-state index contributed by atoms with van der Waals surface area (Å²) in [5.74, 6) is -0.519. The summed E-state index contributed by atoms with van der Waals surface area (Å²) in [6, 6.07) is 5.39. The van der Waals surface area contributed by atoms with Crippen LogP contribution in [0.1, 0.15) is 25.3 Å². The van der Waals surface area contributed by atoms with E-state index in [1.165, 1.54) is 24.3 Å². The van der Waals surface area contributed by atoms with Gasteiger partial charge in [0.15, 0.2) is 0 Å². The Labute approximate surface area is 121 Å². The molecule has 1 rings (SSSR count). The second-order valence-electron chi connectivity index (χ2n) is 4.74. The Balaban J connectivity index is 2.44. The van der Waals surface area contributed by atoms with Gasteiger partial charge in [0.1, 0.15) is 5.75 Å². The van der Waals surface area contributed by atoms with Crippen LogP contribution >= 0.6 is 0 Å². The van der Waals surface area contributed by atoms with Gasteiger partial charge >= 0.3 is 6.36 Å². The number of hydrogen-bond acceptors (Lipinski definition) is 3. The summed E-state index contributed by atoms with van der Waals surface area (Å²) in [5, 5.41) is 2.73. The minimum absolute atomic E-state index is 0.0981. The molecule has 0 aromatic heterocycles. The van der Waals surface area contributed by atoms with Crippen molar-refractivity contribution in [1.29, 1.82) is 0 Å². The van der Waals surface area contributed by atoms with Crippen molar-refractivity contribution in [3.8, 4) is 5.75 Å². The molecule has 21 heavy (non-hydrogen) atoms. The molecule has 0 aliphatic carbocycles. The van der Waals surface area contributed by atoms with Gasteiger partial charge in [-0.2, -0.15) is 0 Å². The molecule has 0 spiro atoms. The minimum atomic E-state index is -4.70. The van der Waals surface area contributed by atoms with Crippen LogP contribution in [0.15, 0.2) is 24.3 Å². The lowest BCUT2D eigenvalue weighted by Crippen LogP contribution is -2.29. The molecule has 4 nitrogen and oxygen atoms in total. The fourth-order valence-electron chi connectivity index (χ4n) is 1.73. The lowest BCUT2D eigenvalue weighted by atomic mass is 10.0. The van der Waals surface area contributed by atoms with Crippen LogP contribution in [0.3, 0.4) is 0 Å². The first-order valence-electron chi connectivity index (χ1n) is 6.64. The lowest BCUT2D eigenvalue weighted by Gasteiger charge is -2.12. The van der Waals surface area contributed by atoms with Crippen molar-refractivity contribution < 1.29 is 22.7 Å². The van der Waals surface area contributed by atoms with Gasteiger partial charge in [-0.25, -0.2) is 0 Å². The van der Waals surface area contributed by atoms with Crippen LogP contribution in [0.4, 0.5) is 13.2 Å². The van der Waals surface area contributed by atoms with Crippen molar-refractivity contribution in [1.82, 2.24) is 5.32 Å². The zero-order chi connectivity index (χ0) is 15.9. The smallest absolute Gasteiger partial charge is 0.406 e. The van der Waals surface area contributed by atoms with Crippen LogP contribution < -0.4 is 15.8 Å². The van der Waals surface area contributed by atoms with Gasteiger partial charge in [0, 0.05) is 12.5 Å². The molecule has 1 unspecified atom stereocenters. The van der Waals surface area contributed by atoms with E-state index in [1.54, 1.807) is 0 Å². The van der Waals surface area contributed by atoms with Crippen molar-refractivity contribution in [3.63, 3.8) is 0 Å². The molecular weight excluding hydrogens is 285 g/mol. The third kappa shape index (κ3) is 6.99. The molecule has 0 saturated heterocycles. The third-order valence-electron chi connectivity index (χ3n) is 2.91. The van der Waals surface area contributed by atoms with Gasteiger partial charge in [-0.3, -0.25) is 4.79 Å². The minimum Gasteiger partial charge on any atom is -0.406 e. The molecule has 0 aliphatic rings. The maximum absolute atomic E-state index is 12.0. The van der Waals surface area contributed by atoms with E-state index >= 15 is 0 Å². The van der Waals surface area contributed by atoms with E-state index in [0.717, 1.165) is 6.42 Å². The number of amides is 1. The summed E-state index contributed by atoms with van der Waals surface area (Å²) in [6.07, 6.45) is -3.22. The Morgan fingerprint density at radius 2 is 1.95 bits per heavy atom. The summed E-state index contributed by atoms with van der Waals surface area (Å²) in [4.78, 5) is 11.8. The number of carbonyl (C=O) groups excluding carboxylic acids is 1. The zero-order valence-electron chi connectivity index (χ0n) is 11.7. The maximum atomic E-state index is 12.0. The van der Waals surface area contributed by atoms with Gasteiger partial charge in [-0.05, 0) is 37.1 Å². The Bertz CT molecular complexity index is 447. The maximum Gasteiger partial charge on any atom is 0.573 e. The van der Waals surface area contributed by atoms with E-state index in [2.05, 4.69) is 10.1 Å². The SMILES string of the molecule is CC(CCCN)C(=O)NCc1ccc(OC(F)(F)F)cc1. The molecular formula is C14H19F3N2O2. The van der Waals surface area contributed by atoms with Crippen LogP contribution in [0, 0.1) is 5.92 Å². The molecule has 3 N–H and O–H groups in total. The molecule has 1 aromatic rings. The van der Waals surface area contributed by atoms with Gasteiger partial charge in [-0.1, -0.05) is 19.1 Å². The monoisotopic (exact) mass is 304 g/mol. The molecule has 1 aromatic carbocycles. The third-order valence-corrected chi connectivity index (χ3v) is 2.91. The first kappa shape index (κ1) is 17.3. The summed E-state index contributed by atoms with van der Waals surface area (Å²) < 4.78 is 39.8. The van der Waals surface area contributed by atoms with E-state index in [0.29, 0.717) is 18.5 Å². The highest BCUT2D eigenvalue weighted by Crippen LogP contribution is 2.22. The average Bonchev–Trinajstić information content (AvgIpc) is 2.42. The second-order valence-corrected chi connectivity index (χ2v) is 4.74. The Morgan fingerprint density at radius 3 is 2.48 bits per heavy atom. The number of ether oxygens (including phenoxy) is 1. The fraction of sp³-hybridized carbons (Fsp3) is 0.500. The number of rotatable bonds is 7. The lowest BCUT2D eigenvalue weighted by molar-refractivity contribution is -0.274. The number of halogens is 3. The highest BCUT2D eigenvalue weighted by molar-refractivity contribution is 5.78. The quantitative estimate of drug-likeness (QED) is 0.814. The van der Waals surface area contributed by atoms with Crippen molar-refractivity contribution >= 4 is 5.91 Å². The van der Waals surface area contributed by atoms with E-state index < -0.39 is 6.36 Å². The fourth-order valence-corrected chi connectivity index (χ4v) is 1.73. The highest BCUT2D eigenvalue weighted by atomic mass is 19.4. The summed E-state index contributed by atoms with van der Waals surface area (Å²) in [5.41, 5.74) is 6.07. The Kier molecular flexibility index (Phi) is 6.48. The van der Waals surface area contributed by atoms with Crippen LogP contribution in [0.2, 0.25) is 0 Å². The van der Waals surface area contributed by atoms with Gasteiger partial charge in [0.25, 0.3) is 0 Å². The predicted molar refractivity (Wildman–Crippen MR) is 72.4 cm³/mol. The summed E-state index contributed by atoms with van der Waals surface area (Å²) >= 11 is 0. The van der Waals surface area contributed by atoms with E-state index in [4.69, 9.17) is 5.73 Å². The van der Waals surface area contributed by atoms with Gasteiger partial charge in [-0.15, -0.1) is 13.2 Å². The molecule has 0 saturated carbocycles. The number of alkyl halides is 3. The molecule has 118 valence electrons. The van der Waals surface area contributed by atoms with Gasteiger partial charge in [0.2, 0.25) is 5.91 Å². The Hall–Kier alpha value is -1.76. The molecule has 0 heterocycles. The van der Waals surface area contributed by atoms with Crippen LogP contribution in [0.5, 0.6) is 5.75 Å². The average molecular weight is 304 g/mol. The van der Waals surface area contributed by atoms with E-state index in [9.17, 15) is 18.0 Å². The van der Waals surface area contributed by atoms with Crippen molar-refractivity contribution in [2.45, 2.75) is 32.7 Å². The molecule has 0 radical (unpaired) electrons. The zero-order valence-corrected chi connectivity index (χ0v) is 11.7. The normalized spacial score (nSPS) is 12.8. The van der Waals surface area contributed by atoms with Crippen molar-refractivity contribution in [2.75, 3.05) is 6.54 Å². The van der Waals surface area contributed by atoms with E-state index in [-0.39, 0.29) is 24.1 Å². The topological polar surface area (TPSA) is 64.4 Å². The molecule has 7 heteroatoms. The van der Waals surface area contributed by atoms with Crippen LogP contribution in [0.25, 0.3) is 0 Å². The molecule has 0 bridgehead atoms. The first-order chi connectivity index (χ1) is 9.81. The van der Waals surface area contributed by atoms with Crippen LogP contribution in [-0.4, -0.2) is 18.8 Å². The summed E-state index contributed by atoms with van der Waals surface area (Å²) in [6.45, 7) is 2.61. The molecule has 0 fully saturated rings. The highest BCUT2D eigenvalue weighted by Gasteiger charge is 2.30. The molecule has 0 aliphatic heterocycles. The van der Waals surface area contributed by atoms with Gasteiger partial charge < -0.3 is 15.8 Å². The van der Waals surface area contributed by atoms with Gasteiger partial charge in [0.05, 0.1) is 0 Å². The molecule has 1 amide bonds. The number of benzene rings is 1. The first-order valence-corrected chi connectivity index (χ1v) is 6.64. The van der Waals surface area contributed by atoms with Crippen molar-refractivity contribution in [2.24, 2.45) is 11.7 Å². The number of carbonyl (C=O) groups is 1. The molecule has 1 atom stereocenters. The number of hydrogen-bond donors (Lipinski definition) is 2. The predicted octanol–water partition coefficient (Wildman–Crippen LogP) is 2.58. The second kappa shape index (κ2) is 7.87. The Morgan fingerprint density at radius 1 is 1.33 bits per heavy atom. The summed E-state index contributed by atoms with van der Waals surface area (Å²) in [7, 11) is 0. The largest absolute Gasteiger partial charge is 0.573 e. The standard InChI is InChI=1S/C14H19F3N2O2/c1-10(3-2-8-18)13(20)19-9-11-4-6-12(7-5-11)21-14(15,16)17/h4-7,10H,2-3,8-9,18H2,1H3,(H,19,20). The van der Waals surface area contributed by atoms with Crippen LogP contribution in [-0.2, 0) is 11.3 Å².